The van der Waals surface area contributed by atoms with E-state index in [2.05, 4.69) is 27.6 Å². The van der Waals surface area contributed by atoms with Gasteiger partial charge in [-0.3, -0.25) is 4.79 Å². The number of rotatable bonds is 3. The summed E-state index contributed by atoms with van der Waals surface area (Å²) in [6.07, 6.45) is 4.10. The van der Waals surface area contributed by atoms with Gasteiger partial charge in [0.15, 0.2) is 5.75 Å². The highest BCUT2D eigenvalue weighted by molar-refractivity contribution is 14.1. The zero-order valence-electron chi connectivity index (χ0n) is 7.37. The molecular weight excluding hydrogens is 295 g/mol. The average Bonchev–Trinajstić information content (AvgIpc) is 2.92. The minimum Gasteiger partial charge on any atom is -0.488 e. The van der Waals surface area contributed by atoms with Crippen LogP contribution in [0.3, 0.4) is 0 Å². The Hall–Kier alpha value is -0.850. The van der Waals surface area contributed by atoms with Gasteiger partial charge in [-0.25, -0.2) is 4.98 Å². The molecule has 0 aliphatic heterocycles. The molecule has 74 valence electrons. The fraction of sp³-hybridized carbons (Fsp3) is 0.333. The van der Waals surface area contributed by atoms with Crippen molar-refractivity contribution in [2.75, 3.05) is 0 Å². The van der Waals surface area contributed by atoms with Crippen LogP contribution in [0.15, 0.2) is 12.3 Å². The van der Waals surface area contributed by atoms with E-state index >= 15 is 0 Å². The Balaban J connectivity index is 2.21. The molecule has 4 nitrogen and oxygen atoms in total. The molecule has 5 heteroatoms. The van der Waals surface area contributed by atoms with Crippen LogP contribution in [0.1, 0.15) is 23.3 Å². The molecule has 0 saturated heterocycles. The van der Waals surface area contributed by atoms with Gasteiger partial charge in [0.05, 0.1) is 15.9 Å². The molecule has 0 radical (unpaired) electrons. The van der Waals surface area contributed by atoms with Gasteiger partial charge >= 0.3 is 0 Å². The largest absolute Gasteiger partial charge is 0.488 e. The molecular formula is C9H9IN2O2. The lowest BCUT2D eigenvalue weighted by atomic mass is 10.3. The van der Waals surface area contributed by atoms with Gasteiger partial charge in [-0.2, -0.15) is 0 Å². The van der Waals surface area contributed by atoms with Gasteiger partial charge in [0.2, 0.25) is 0 Å². The van der Waals surface area contributed by atoms with Crippen molar-refractivity contribution in [3.8, 4) is 5.75 Å². The topological polar surface area (TPSA) is 65.2 Å². The first-order valence-corrected chi connectivity index (χ1v) is 5.36. The second-order valence-electron chi connectivity index (χ2n) is 3.18. The van der Waals surface area contributed by atoms with Gasteiger partial charge in [-0.05, 0) is 41.5 Å². The van der Waals surface area contributed by atoms with Gasteiger partial charge in [0.25, 0.3) is 5.91 Å². The fourth-order valence-corrected chi connectivity index (χ4v) is 1.57. The molecule has 0 unspecified atom stereocenters. The van der Waals surface area contributed by atoms with E-state index in [1.54, 1.807) is 12.3 Å². The van der Waals surface area contributed by atoms with E-state index in [-0.39, 0.29) is 5.69 Å². The van der Waals surface area contributed by atoms with E-state index in [4.69, 9.17) is 10.5 Å². The number of aromatic nitrogens is 1. The smallest absolute Gasteiger partial charge is 0.267 e. The van der Waals surface area contributed by atoms with Crippen molar-refractivity contribution in [1.82, 2.24) is 4.98 Å². The Bertz CT molecular complexity index is 377. The monoisotopic (exact) mass is 304 g/mol. The van der Waals surface area contributed by atoms with Gasteiger partial charge in [0, 0.05) is 0 Å². The van der Waals surface area contributed by atoms with Crippen LogP contribution in [0.4, 0.5) is 0 Å². The number of carbonyl (C=O) groups is 1. The van der Waals surface area contributed by atoms with Crippen LogP contribution in [-0.2, 0) is 0 Å². The lowest BCUT2D eigenvalue weighted by Crippen LogP contribution is -2.13. The normalized spacial score (nSPS) is 15.2. The van der Waals surface area contributed by atoms with E-state index in [0.29, 0.717) is 6.10 Å². The molecule has 1 amide bonds. The summed E-state index contributed by atoms with van der Waals surface area (Å²) in [5.41, 5.74) is 5.38. The molecule has 1 aromatic rings. The number of amides is 1. The second kappa shape index (κ2) is 3.72. The number of hydrogen-bond donors (Lipinski definition) is 1. The van der Waals surface area contributed by atoms with Crippen LogP contribution in [0.25, 0.3) is 0 Å². The number of carbonyl (C=O) groups excluding carboxylic acids is 1. The van der Waals surface area contributed by atoms with Crippen molar-refractivity contribution in [3.05, 3.63) is 21.5 Å². The number of primary amides is 1. The average molecular weight is 304 g/mol. The summed E-state index contributed by atoms with van der Waals surface area (Å²) in [7, 11) is 0. The third-order valence-electron chi connectivity index (χ3n) is 1.89. The summed E-state index contributed by atoms with van der Waals surface area (Å²) in [4.78, 5) is 14.7. The number of nitrogens with two attached hydrogens (primary N) is 1. The molecule has 1 aliphatic carbocycles. The molecule has 1 aliphatic rings. The lowest BCUT2D eigenvalue weighted by molar-refractivity contribution is 0.0995. The Kier molecular flexibility index (Phi) is 2.58. The summed E-state index contributed by atoms with van der Waals surface area (Å²) in [5.74, 6) is 0.221. The molecule has 14 heavy (non-hydrogen) atoms. The maximum atomic E-state index is 10.8. The number of nitrogens with zero attached hydrogens (tertiary/aromatic N) is 1. The number of hydrogen-bond acceptors (Lipinski definition) is 3. The first-order valence-electron chi connectivity index (χ1n) is 4.29. The van der Waals surface area contributed by atoms with Gasteiger partial charge in [-0.15, -0.1) is 0 Å². The third-order valence-corrected chi connectivity index (χ3v) is 2.73. The Morgan fingerprint density at radius 1 is 1.64 bits per heavy atom. The van der Waals surface area contributed by atoms with Crippen LogP contribution in [-0.4, -0.2) is 17.0 Å². The molecule has 1 heterocycles. The van der Waals surface area contributed by atoms with Crippen molar-refractivity contribution in [3.63, 3.8) is 0 Å². The van der Waals surface area contributed by atoms with Crippen LogP contribution in [0.5, 0.6) is 5.75 Å². The van der Waals surface area contributed by atoms with E-state index in [9.17, 15) is 4.79 Å². The Labute approximate surface area is 95.0 Å². The minimum absolute atomic E-state index is 0.276. The van der Waals surface area contributed by atoms with Gasteiger partial charge in [0.1, 0.15) is 5.69 Å². The minimum atomic E-state index is -0.513. The van der Waals surface area contributed by atoms with E-state index in [1.165, 1.54) is 0 Å². The van der Waals surface area contributed by atoms with Gasteiger partial charge < -0.3 is 10.5 Å². The standard InChI is InChI=1S/C9H9IN2O2/c10-6-3-7(9(11)13)12-4-8(6)14-5-1-2-5/h3-5H,1-2H2,(H2,11,13). The molecule has 0 aromatic carbocycles. The first kappa shape index (κ1) is 9.70. The molecule has 1 saturated carbocycles. The third kappa shape index (κ3) is 2.14. The second-order valence-corrected chi connectivity index (χ2v) is 4.34. The van der Waals surface area contributed by atoms with Crippen LogP contribution in [0, 0.1) is 3.57 Å². The number of pyridine rings is 1. The summed E-state index contributed by atoms with van der Waals surface area (Å²) in [6, 6.07) is 1.64. The van der Waals surface area contributed by atoms with Crippen LogP contribution in [0.2, 0.25) is 0 Å². The molecule has 0 bridgehead atoms. The summed E-state index contributed by atoms with van der Waals surface area (Å²) in [6.45, 7) is 0. The Morgan fingerprint density at radius 2 is 2.36 bits per heavy atom. The highest BCUT2D eigenvalue weighted by Crippen LogP contribution is 2.29. The van der Waals surface area contributed by atoms with Crippen LogP contribution >= 0.6 is 22.6 Å². The number of ether oxygens (including phenoxy) is 1. The fourth-order valence-electron chi connectivity index (χ4n) is 1.01. The highest BCUT2D eigenvalue weighted by Gasteiger charge is 2.24. The predicted octanol–water partition coefficient (Wildman–Crippen LogP) is 1.33. The lowest BCUT2D eigenvalue weighted by Gasteiger charge is -2.06. The van der Waals surface area contributed by atoms with E-state index in [0.717, 1.165) is 22.2 Å². The van der Waals surface area contributed by atoms with Crippen molar-refractivity contribution in [2.24, 2.45) is 5.73 Å². The SMILES string of the molecule is NC(=O)c1cc(I)c(OC2CC2)cn1. The summed E-state index contributed by atoms with van der Waals surface area (Å²) >= 11 is 2.11. The number of halogens is 1. The Morgan fingerprint density at radius 3 is 2.86 bits per heavy atom. The van der Waals surface area contributed by atoms with E-state index in [1.807, 2.05) is 0 Å². The van der Waals surface area contributed by atoms with Crippen molar-refractivity contribution in [1.29, 1.82) is 0 Å². The molecule has 0 atom stereocenters. The maximum absolute atomic E-state index is 10.8. The van der Waals surface area contributed by atoms with Gasteiger partial charge in [-0.1, -0.05) is 0 Å². The molecule has 1 fully saturated rings. The zero-order chi connectivity index (χ0) is 10.1. The summed E-state index contributed by atoms with van der Waals surface area (Å²) in [5, 5.41) is 0. The predicted molar refractivity (Wildman–Crippen MR) is 59.1 cm³/mol. The van der Waals surface area contributed by atoms with Crippen molar-refractivity contribution >= 4 is 28.5 Å². The zero-order valence-corrected chi connectivity index (χ0v) is 9.52. The summed E-state index contributed by atoms with van der Waals surface area (Å²) < 4.78 is 6.44. The molecule has 0 spiro atoms. The highest BCUT2D eigenvalue weighted by atomic mass is 127. The maximum Gasteiger partial charge on any atom is 0.267 e. The molecule has 2 rings (SSSR count). The molecule has 2 N–H and O–H groups in total. The molecule has 1 aromatic heterocycles. The van der Waals surface area contributed by atoms with E-state index < -0.39 is 5.91 Å². The quantitative estimate of drug-likeness (QED) is 0.857. The van der Waals surface area contributed by atoms with Crippen molar-refractivity contribution < 1.29 is 9.53 Å². The van der Waals surface area contributed by atoms with Crippen LogP contribution < -0.4 is 10.5 Å². The van der Waals surface area contributed by atoms with Crippen molar-refractivity contribution in [2.45, 2.75) is 18.9 Å². The first-order chi connectivity index (χ1) is 6.66.